The first-order valence-electron chi connectivity index (χ1n) is 11.3. The summed E-state index contributed by atoms with van der Waals surface area (Å²) in [4.78, 5) is 24.1. The van der Waals surface area contributed by atoms with Gasteiger partial charge in [-0.3, -0.25) is 4.79 Å². The number of alkyl carbamates (subject to hydrolysis) is 1. The van der Waals surface area contributed by atoms with E-state index in [-0.39, 0.29) is 19.1 Å². The molecular weight excluding hydrogens is 390 g/mol. The third kappa shape index (κ3) is 4.92. The van der Waals surface area contributed by atoms with E-state index in [1.165, 1.54) is 17.5 Å². The number of fused-ring (bicyclic) bond motifs is 3. The van der Waals surface area contributed by atoms with Gasteiger partial charge >= 0.3 is 12.1 Å². The molecule has 2 aliphatic carbocycles. The second-order valence-electron chi connectivity index (χ2n) is 9.12. The maximum atomic E-state index is 12.4. The van der Waals surface area contributed by atoms with Crippen LogP contribution in [0.2, 0.25) is 0 Å². The van der Waals surface area contributed by atoms with E-state index < -0.39 is 18.0 Å². The molecule has 2 aromatic rings. The van der Waals surface area contributed by atoms with Crippen molar-refractivity contribution in [1.29, 1.82) is 0 Å². The average molecular weight is 422 g/mol. The van der Waals surface area contributed by atoms with Crippen molar-refractivity contribution < 1.29 is 19.4 Å². The van der Waals surface area contributed by atoms with E-state index in [1.807, 2.05) is 24.3 Å². The van der Waals surface area contributed by atoms with Crippen LogP contribution in [-0.4, -0.2) is 30.3 Å². The van der Waals surface area contributed by atoms with E-state index in [2.05, 4.69) is 36.5 Å². The van der Waals surface area contributed by atoms with Crippen molar-refractivity contribution in [2.24, 2.45) is 17.8 Å². The molecule has 2 N–H and O–H groups in total. The van der Waals surface area contributed by atoms with Crippen LogP contribution >= 0.6 is 0 Å². The van der Waals surface area contributed by atoms with Gasteiger partial charge < -0.3 is 15.2 Å². The maximum Gasteiger partial charge on any atom is 0.407 e. The number of carboxylic acids is 1. The smallest absolute Gasteiger partial charge is 0.407 e. The van der Waals surface area contributed by atoms with E-state index >= 15 is 0 Å². The van der Waals surface area contributed by atoms with Crippen molar-refractivity contribution in [2.45, 2.75) is 44.9 Å². The molecule has 1 saturated carbocycles. The van der Waals surface area contributed by atoms with Gasteiger partial charge in [0.1, 0.15) is 6.61 Å². The lowest BCUT2D eigenvalue weighted by molar-refractivity contribution is -0.142. The molecule has 5 heteroatoms. The fourth-order valence-electron chi connectivity index (χ4n) is 5.30. The average Bonchev–Trinajstić information content (AvgIpc) is 3.09. The number of carbonyl (C=O) groups excluding carboxylic acids is 1. The molecule has 2 aromatic carbocycles. The summed E-state index contributed by atoms with van der Waals surface area (Å²) in [7, 11) is 0. The van der Waals surface area contributed by atoms with E-state index in [1.54, 1.807) is 0 Å². The summed E-state index contributed by atoms with van der Waals surface area (Å²) < 4.78 is 5.53. The minimum absolute atomic E-state index is 0.00264. The minimum Gasteiger partial charge on any atom is -0.481 e. The highest BCUT2D eigenvalue weighted by Gasteiger charge is 2.30. The summed E-state index contributed by atoms with van der Waals surface area (Å²) >= 11 is 0. The van der Waals surface area contributed by atoms with Crippen LogP contribution in [0.3, 0.4) is 0 Å². The molecule has 3 unspecified atom stereocenters. The lowest BCUT2D eigenvalue weighted by Crippen LogP contribution is -2.35. The van der Waals surface area contributed by atoms with Gasteiger partial charge in [-0.25, -0.2) is 4.79 Å². The molecule has 0 aromatic heterocycles. The zero-order valence-electron chi connectivity index (χ0n) is 18.0. The van der Waals surface area contributed by atoms with Gasteiger partial charge in [0.25, 0.3) is 0 Å². The summed E-state index contributed by atoms with van der Waals surface area (Å²) in [5.74, 6) is -0.345. The van der Waals surface area contributed by atoms with Crippen LogP contribution in [0.15, 0.2) is 48.5 Å². The van der Waals surface area contributed by atoms with Crippen LogP contribution in [0.5, 0.6) is 0 Å². The predicted octanol–water partition coefficient (Wildman–Crippen LogP) is 5.44. The van der Waals surface area contributed by atoms with Crippen LogP contribution < -0.4 is 5.32 Å². The van der Waals surface area contributed by atoms with Gasteiger partial charge in [0.05, 0.1) is 5.92 Å². The van der Waals surface area contributed by atoms with Crippen LogP contribution in [-0.2, 0) is 9.53 Å². The Bertz CT molecular complexity index is 895. The minimum atomic E-state index is -0.850. The molecule has 4 rings (SSSR count). The van der Waals surface area contributed by atoms with Gasteiger partial charge in [-0.15, -0.1) is 0 Å². The van der Waals surface area contributed by atoms with Gasteiger partial charge in [0.2, 0.25) is 0 Å². The van der Waals surface area contributed by atoms with Crippen LogP contribution in [0.25, 0.3) is 11.1 Å². The number of hydrogen-bond acceptors (Lipinski definition) is 3. The topological polar surface area (TPSA) is 75.6 Å². The number of ether oxygens (including phenoxy) is 1. The predicted molar refractivity (Wildman–Crippen MR) is 120 cm³/mol. The largest absolute Gasteiger partial charge is 0.481 e. The molecule has 1 fully saturated rings. The number of nitrogens with one attached hydrogen (secondary N) is 1. The van der Waals surface area contributed by atoms with E-state index in [4.69, 9.17) is 4.74 Å². The molecule has 164 valence electrons. The molecule has 5 nitrogen and oxygen atoms in total. The van der Waals surface area contributed by atoms with Crippen LogP contribution in [0.4, 0.5) is 4.79 Å². The van der Waals surface area contributed by atoms with Crippen LogP contribution in [0.1, 0.15) is 56.1 Å². The SMILES string of the molecule is CC1CCCC(CC(CNC(=O)OCC2c3ccccc3-c3ccccc32)C(=O)O)C1. The zero-order chi connectivity index (χ0) is 21.8. The normalized spacial score (nSPS) is 21.1. The highest BCUT2D eigenvalue weighted by atomic mass is 16.5. The van der Waals surface area contributed by atoms with Gasteiger partial charge in [-0.2, -0.15) is 0 Å². The number of carbonyl (C=O) groups is 2. The molecule has 0 spiro atoms. The third-order valence-electron chi connectivity index (χ3n) is 6.85. The number of amides is 1. The van der Waals surface area contributed by atoms with Gasteiger partial charge in [0.15, 0.2) is 0 Å². The Morgan fingerprint density at radius 1 is 1.06 bits per heavy atom. The third-order valence-corrected chi connectivity index (χ3v) is 6.85. The maximum absolute atomic E-state index is 12.4. The summed E-state index contributed by atoms with van der Waals surface area (Å²) in [5, 5.41) is 12.3. The molecule has 0 heterocycles. The van der Waals surface area contributed by atoms with Gasteiger partial charge in [-0.05, 0) is 46.9 Å². The molecule has 0 aliphatic heterocycles. The fraction of sp³-hybridized carbons (Fsp3) is 0.462. The van der Waals surface area contributed by atoms with Crippen molar-refractivity contribution >= 4 is 12.1 Å². The number of aliphatic carboxylic acids is 1. The molecule has 0 saturated heterocycles. The second-order valence-corrected chi connectivity index (χ2v) is 9.12. The fourth-order valence-corrected chi connectivity index (χ4v) is 5.30. The van der Waals surface area contributed by atoms with Crippen molar-refractivity contribution in [3.05, 3.63) is 59.7 Å². The summed E-state index contributed by atoms with van der Waals surface area (Å²) in [6, 6.07) is 16.4. The molecular formula is C26H31NO4. The molecule has 0 radical (unpaired) electrons. The van der Waals surface area contributed by atoms with E-state index in [0.29, 0.717) is 18.3 Å². The highest BCUT2D eigenvalue weighted by Crippen LogP contribution is 2.44. The summed E-state index contributed by atoms with van der Waals surface area (Å²) in [5.41, 5.74) is 4.68. The van der Waals surface area contributed by atoms with Gasteiger partial charge in [-0.1, -0.05) is 74.7 Å². The number of hydrogen-bond donors (Lipinski definition) is 2. The van der Waals surface area contributed by atoms with Crippen molar-refractivity contribution in [3.8, 4) is 11.1 Å². The first-order valence-corrected chi connectivity index (χ1v) is 11.3. The summed E-state index contributed by atoms with van der Waals surface area (Å²) in [6.45, 7) is 2.57. The van der Waals surface area contributed by atoms with Crippen molar-refractivity contribution in [2.75, 3.05) is 13.2 Å². The molecule has 0 bridgehead atoms. The molecule has 3 atom stereocenters. The molecule has 2 aliphatic rings. The first-order chi connectivity index (χ1) is 15.0. The molecule has 1 amide bonds. The monoisotopic (exact) mass is 421 g/mol. The number of rotatable bonds is 7. The zero-order valence-corrected chi connectivity index (χ0v) is 18.0. The van der Waals surface area contributed by atoms with Crippen molar-refractivity contribution in [1.82, 2.24) is 5.32 Å². The van der Waals surface area contributed by atoms with Gasteiger partial charge in [0, 0.05) is 12.5 Å². The Hall–Kier alpha value is -2.82. The standard InChI is InChI=1S/C26H31NO4/c1-17-7-6-8-18(13-17)14-19(25(28)29)15-27-26(30)31-16-24-22-11-4-2-9-20(22)21-10-3-5-12-23(21)24/h2-5,9-12,17-19,24H,6-8,13-16H2,1H3,(H,27,30)(H,28,29). The Morgan fingerprint density at radius 3 is 2.32 bits per heavy atom. The second kappa shape index (κ2) is 9.54. The van der Waals surface area contributed by atoms with Crippen LogP contribution in [0, 0.1) is 17.8 Å². The Kier molecular flexibility index (Phi) is 6.59. The number of benzene rings is 2. The first kappa shape index (κ1) is 21.4. The lowest BCUT2D eigenvalue weighted by atomic mass is 9.78. The Morgan fingerprint density at radius 2 is 1.71 bits per heavy atom. The number of carboxylic acid groups (broad SMARTS) is 1. The highest BCUT2D eigenvalue weighted by molar-refractivity contribution is 5.79. The Balaban J connectivity index is 1.32. The lowest BCUT2D eigenvalue weighted by Gasteiger charge is -2.28. The summed E-state index contributed by atoms with van der Waals surface area (Å²) in [6.07, 6.45) is 4.62. The van der Waals surface area contributed by atoms with Crippen molar-refractivity contribution in [3.63, 3.8) is 0 Å². The van der Waals surface area contributed by atoms with E-state index in [9.17, 15) is 14.7 Å². The van der Waals surface area contributed by atoms with E-state index in [0.717, 1.165) is 30.4 Å². The Labute approximate surface area is 183 Å². The molecule has 31 heavy (non-hydrogen) atoms. The quantitative estimate of drug-likeness (QED) is 0.624.